The van der Waals surface area contributed by atoms with Crippen molar-refractivity contribution in [2.45, 2.75) is 31.7 Å². The summed E-state index contributed by atoms with van der Waals surface area (Å²) in [5.74, 6) is 0.519. The van der Waals surface area contributed by atoms with Crippen molar-refractivity contribution in [2.75, 3.05) is 13.2 Å². The predicted molar refractivity (Wildman–Crippen MR) is 85.6 cm³/mol. The Morgan fingerprint density at radius 1 is 1.30 bits per heavy atom. The third-order valence-electron chi connectivity index (χ3n) is 4.17. The second kappa shape index (κ2) is 7.31. The molecule has 122 valence electrons. The molecule has 0 aliphatic carbocycles. The zero-order valence-corrected chi connectivity index (χ0v) is 13.0. The van der Waals surface area contributed by atoms with Gasteiger partial charge in [0.05, 0.1) is 12.6 Å². The predicted octanol–water partition coefficient (Wildman–Crippen LogP) is 3.68. The maximum absolute atomic E-state index is 12.8. The highest BCUT2D eigenvalue weighted by atomic mass is 19.1. The lowest BCUT2D eigenvalue weighted by Crippen LogP contribution is -2.30. The molecule has 3 rings (SSSR count). The van der Waals surface area contributed by atoms with E-state index >= 15 is 0 Å². The van der Waals surface area contributed by atoms with Crippen LogP contribution >= 0.6 is 0 Å². The number of rotatable bonds is 6. The first-order chi connectivity index (χ1) is 11.2. The Bertz CT molecular complexity index is 625. The van der Waals surface area contributed by atoms with Crippen LogP contribution in [0.25, 0.3) is 0 Å². The number of aromatic nitrogens is 1. The molecule has 1 amide bonds. The Morgan fingerprint density at radius 3 is 2.87 bits per heavy atom. The van der Waals surface area contributed by atoms with Crippen molar-refractivity contribution in [1.29, 1.82) is 0 Å². The smallest absolute Gasteiger partial charge is 0.223 e. The summed E-state index contributed by atoms with van der Waals surface area (Å²) in [7, 11) is 0. The van der Waals surface area contributed by atoms with Gasteiger partial charge in [0, 0.05) is 24.9 Å². The number of carbonyl (C=O) groups is 1. The number of nitrogens with one attached hydrogen (secondary N) is 1. The first-order valence-electron chi connectivity index (χ1n) is 8.05. The minimum absolute atomic E-state index is 0.171. The number of hydrogen-bond donors (Lipinski definition) is 1. The molecule has 23 heavy (non-hydrogen) atoms. The molecule has 5 heteroatoms. The highest BCUT2D eigenvalue weighted by Gasteiger charge is 2.29. The topological polar surface area (TPSA) is 45.3 Å². The van der Waals surface area contributed by atoms with Crippen molar-refractivity contribution in [3.8, 4) is 5.75 Å². The van der Waals surface area contributed by atoms with Crippen molar-refractivity contribution >= 4 is 5.91 Å². The summed E-state index contributed by atoms with van der Waals surface area (Å²) in [6.45, 7) is 1.28. The van der Waals surface area contributed by atoms with Crippen molar-refractivity contribution < 1.29 is 13.9 Å². The van der Waals surface area contributed by atoms with E-state index in [9.17, 15) is 9.18 Å². The number of likely N-dealkylation sites (tertiary alicyclic amines) is 1. The lowest BCUT2D eigenvalue weighted by atomic mass is 10.1. The van der Waals surface area contributed by atoms with Crippen LogP contribution < -0.4 is 4.74 Å². The molecule has 1 unspecified atom stereocenters. The molecule has 0 saturated carbocycles. The summed E-state index contributed by atoms with van der Waals surface area (Å²) < 4.78 is 18.3. The van der Waals surface area contributed by atoms with Gasteiger partial charge < -0.3 is 14.6 Å². The van der Waals surface area contributed by atoms with Gasteiger partial charge in [-0.2, -0.15) is 0 Å². The minimum atomic E-state index is -0.281. The summed E-state index contributed by atoms with van der Waals surface area (Å²) in [4.78, 5) is 17.6. The number of nitrogens with zero attached hydrogens (tertiary/aromatic N) is 1. The van der Waals surface area contributed by atoms with Gasteiger partial charge in [0.2, 0.25) is 5.91 Å². The van der Waals surface area contributed by atoms with Crippen LogP contribution in [0.15, 0.2) is 42.6 Å². The first-order valence-corrected chi connectivity index (χ1v) is 8.05. The van der Waals surface area contributed by atoms with E-state index in [0.29, 0.717) is 25.2 Å². The van der Waals surface area contributed by atoms with E-state index in [1.807, 2.05) is 23.2 Å². The Morgan fingerprint density at radius 2 is 2.13 bits per heavy atom. The van der Waals surface area contributed by atoms with Gasteiger partial charge in [-0.1, -0.05) is 0 Å². The maximum atomic E-state index is 12.8. The molecule has 2 heterocycles. The van der Waals surface area contributed by atoms with E-state index in [0.717, 1.165) is 25.1 Å². The van der Waals surface area contributed by atoms with Crippen LogP contribution in [0.4, 0.5) is 4.39 Å². The Labute approximate surface area is 135 Å². The molecule has 2 aromatic rings. The quantitative estimate of drug-likeness (QED) is 0.826. The van der Waals surface area contributed by atoms with Gasteiger partial charge in [-0.15, -0.1) is 0 Å². The monoisotopic (exact) mass is 316 g/mol. The van der Waals surface area contributed by atoms with Crippen LogP contribution in [0.5, 0.6) is 5.75 Å². The molecule has 1 saturated heterocycles. The number of amides is 1. The number of carbonyl (C=O) groups excluding carboxylic acids is 1. The summed E-state index contributed by atoms with van der Waals surface area (Å²) in [6.07, 6.45) is 5.08. The standard InChI is InChI=1S/C18H21FN2O2/c19-14-7-9-15(10-8-14)23-13-3-6-18(22)21-12-2-5-17(21)16-4-1-11-20-16/h1,4,7-11,17,20H,2-3,5-6,12-13H2. The molecule has 1 aromatic heterocycles. The zero-order valence-electron chi connectivity index (χ0n) is 13.0. The Hall–Kier alpha value is -2.30. The average Bonchev–Trinajstić information content (AvgIpc) is 3.23. The van der Waals surface area contributed by atoms with Gasteiger partial charge in [0.1, 0.15) is 11.6 Å². The van der Waals surface area contributed by atoms with Gasteiger partial charge >= 0.3 is 0 Å². The molecule has 0 radical (unpaired) electrons. The van der Waals surface area contributed by atoms with E-state index < -0.39 is 0 Å². The fourth-order valence-corrected chi connectivity index (χ4v) is 3.03. The number of halogens is 1. The minimum Gasteiger partial charge on any atom is -0.494 e. The Kier molecular flexibility index (Phi) is 4.95. The van der Waals surface area contributed by atoms with E-state index in [2.05, 4.69) is 4.98 Å². The van der Waals surface area contributed by atoms with E-state index in [-0.39, 0.29) is 17.8 Å². The van der Waals surface area contributed by atoms with Crippen LogP contribution in [-0.2, 0) is 4.79 Å². The number of hydrogen-bond acceptors (Lipinski definition) is 2. The molecular formula is C18H21FN2O2. The van der Waals surface area contributed by atoms with Gasteiger partial charge in [-0.25, -0.2) is 4.39 Å². The summed E-state index contributed by atoms with van der Waals surface area (Å²) in [5, 5.41) is 0. The molecule has 1 fully saturated rings. The lowest BCUT2D eigenvalue weighted by molar-refractivity contribution is -0.132. The molecule has 1 aliphatic heterocycles. The highest BCUT2D eigenvalue weighted by molar-refractivity contribution is 5.77. The van der Waals surface area contributed by atoms with E-state index in [4.69, 9.17) is 4.74 Å². The number of H-pyrrole nitrogens is 1. The molecule has 1 atom stereocenters. The molecule has 1 aliphatic rings. The molecule has 0 spiro atoms. The third kappa shape index (κ3) is 3.92. The fourth-order valence-electron chi connectivity index (χ4n) is 3.03. The zero-order chi connectivity index (χ0) is 16.1. The SMILES string of the molecule is O=C(CCCOc1ccc(F)cc1)N1CCCC1c1ccc[nH]1. The van der Waals surface area contributed by atoms with Crippen molar-refractivity contribution in [1.82, 2.24) is 9.88 Å². The van der Waals surface area contributed by atoms with Crippen LogP contribution in [0.1, 0.15) is 37.4 Å². The molecule has 1 aromatic carbocycles. The first kappa shape index (κ1) is 15.6. The van der Waals surface area contributed by atoms with E-state index in [1.165, 1.54) is 12.1 Å². The van der Waals surface area contributed by atoms with Crippen LogP contribution in [0, 0.1) is 5.82 Å². The normalized spacial score (nSPS) is 17.4. The Balaban J connectivity index is 1.45. The molecule has 1 N–H and O–H groups in total. The van der Waals surface area contributed by atoms with Crippen LogP contribution in [0.2, 0.25) is 0 Å². The second-order valence-electron chi connectivity index (χ2n) is 5.78. The van der Waals surface area contributed by atoms with Crippen LogP contribution in [-0.4, -0.2) is 28.9 Å². The summed E-state index contributed by atoms with van der Waals surface area (Å²) in [6, 6.07) is 10.1. The molecule has 4 nitrogen and oxygen atoms in total. The van der Waals surface area contributed by atoms with Crippen molar-refractivity contribution in [3.05, 3.63) is 54.1 Å². The number of aromatic amines is 1. The third-order valence-corrected chi connectivity index (χ3v) is 4.17. The van der Waals surface area contributed by atoms with Crippen LogP contribution in [0.3, 0.4) is 0 Å². The van der Waals surface area contributed by atoms with E-state index in [1.54, 1.807) is 12.1 Å². The summed E-state index contributed by atoms with van der Waals surface area (Å²) >= 11 is 0. The van der Waals surface area contributed by atoms with Crippen molar-refractivity contribution in [2.24, 2.45) is 0 Å². The summed E-state index contributed by atoms with van der Waals surface area (Å²) in [5.41, 5.74) is 1.11. The average molecular weight is 316 g/mol. The number of benzene rings is 1. The molecule has 0 bridgehead atoms. The second-order valence-corrected chi connectivity index (χ2v) is 5.78. The van der Waals surface area contributed by atoms with Crippen molar-refractivity contribution in [3.63, 3.8) is 0 Å². The van der Waals surface area contributed by atoms with Gasteiger partial charge in [0.15, 0.2) is 0 Å². The number of ether oxygens (including phenoxy) is 1. The lowest BCUT2D eigenvalue weighted by Gasteiger charge is -2.24. The largest absolute Gasteiger partial charge is 0.494 e. The maximum Gasteiger partial charge on any atom is 0.223 e. The molecular weight excluding hydrogens is 295 g/mol. The fraction of sp³-hybridized carbons (Fsp3) is 0.389. The van der Waals surface area contributed by atoms with Gasteiger partial charge in [-0.3, -0.25) is 4.79 Å². The highest BCUT2D eigenvalue weighted by Crippen LogP contribution is 2.31. The van der Waals surface area contributed by atoms with Gasteiger partial charge in [0.25, 0.3) is 0 Å². The van der Waals surface area contributed by atoms with Gasteiger partial charge in [-0.05, 0) is 55.7 Å².